The summed E-state index contributed by atoms with van der Waals surface area (Å²) in [5.74, 6) is -0.895. The number of nitrogen functional groups attached to an aromatic ring is 1. The number of nitrogens with one attached hydrogen (secondary N) is 1. The van der Waals surface area contributed by atoms with Gasteiger partial charge in [-0.15, -0.1) is 0 Å². The number of halogens is 1. The Morgan fingerprint density at radius 3 is 2.71 bits per heavy atom. The second-order valence-corrected chi connectivity index (χ2v) is 5.02. The van der Waals surface area contributed by atoms with Gasteiger partial charge in [0, 0.05) is 16.6 Å². The minimum Gasteiger partial charge on any atom is -0.367 e. The number of benzene rings is 1. The van der Waals surface area contributed by atoms with Crippen molar-refractivity contribution in [1.29, 1.82) is 0 Å². The van der Waals surface area contributed by atoms with Crippen molar-refractivity contribution in [2.24, 2.45) is 0 Å². The minimum absolute atomic E-state index is 0.0594. The molecule has 1 amide bonds. The first-order valence-electron chi connectivity index (χ1n) is 6.00. The Kier molecular flexibility index (Phi) is 3.41. The third kappa shape index (κ3) is 2.63. The van der Waals surface area contributed by atoms with Crippen LogP contribution in [0.3, 0.4) is 0 Å². The van der Waals surface area contributed by atoms with E-state index in [9.17, 15) is 9.18 Å². The Balaban J connectivity index is 1.91. The summed E-state index contributed by atoms with van der Waals surface area (Å²) in [6.07, 6.45) is 0. The van der Waals surface area contributed by atoms with E-state index in [0.29, 0.717) is 11.4 Å². The van der Waals surface area contributed by atoms with Crippen LogP contribution in [0, 0.1) is 5.82 Å². The van der Waals surface area contributed by atoms with Crippen molar-refractivity contribution in [2.45, 2.75) is 0 Å². The van der Waals surface area contributed by atoms with Crippen molar-refractivity contribution in [2.75, 3.05) is 11.1 Å². The average Bonchev–Trinajstić information content (AvgIpc) is 3.10. The summed E-state index contributed by atoms with van der Waals surface area (Å²) < 4.78 is 17.8. The number of carbonyl (C=O) groups excluding carboxylic acids is 1. The lowest BCUT2D eigenvalue weighted by atomic mass is 10.1. The molecule has 21 heavy (non-hydrogen) atoms. The first-order chi connectivity index (χ1) is 10.1. The highest BCUT2D eigenvalue weighted by Crippen LogP contribution is 2.29. The third-order valence-electron chi connectivity index (χ3n) is 2.84. The summed E-state index contributed by atoms with van der Waals surface area (Å²) in [5, 5.41) is 10.2. The van der Waals surface area contributed by atoms with E-state index in [1.165, 1.54) is 35.6 Å². The smallest absolute Gasteiger partial charge is 0.263 e. The van der Waals surface area contributed by atoms with Crippen molar-refractivity contribution in [1.82, 2.24) is 5.16 Å². The van der Waals surface area contributed by atoms with E-state index in [-0.39, 0.29) is 17.3 Å². The number of amides is 1. The van der Waals surface area contributed by atoms with Gasteiger partial charge >= 0.3 is 0 Å². The van der Waals surface area contributed by atoms with Gasteiger partial charge in [-0.25, -0.2) is 4.39 Å². The van der Waals surface area contributed by atoms with Gasteiger partial charge in [-0.1, -0.05) is 5.16 Å². The van der Waals surface area contributed by atoms with Gasteiger partial charge in [-0.05, 0) is 35.7 Å². The molecule has 5 nitrogen and oxygen atoms in total. The van der Waals surface area contributed by atoms with E-state index in [0.717, 1.165) is 5.56 Å². The van der Waals surface area contributed by atoms with Crippen molar-refractivity contribution < 1.29 is 13.7 Å². The number of anilines is 2. The number of hydrogen-bond donors (Lipinski definition) is 2. The molecule has 0 spiro atoms. The van der Waals surface area contributed by atoms with Gasteiger partial charge in [-0.2, -0.15) is 11.3 Å². The zero-order valence-electron chi connectivity index (χ0n) is 10.7. The Morgan fingerprint density at radius 2 is 2.05 bits per heavy atom. The van der Waals surface area contributed by atoms with E-state index in [4.69, 9.17) is 10.3 Å². The summed E-state index contributed by atoms with van der Waals surface area (Å²) in [4.78, 5) is 12.3. The molecule has 106 valence electrons. The molecule has 0 fully saturated rings. The Hall–Kier alpha value is -2.67. The maximum absolute atomic E-state index is 12.9. The van der Waals surface area contributed by atoms with Gasteiger partial charge in [0.2, 0.25) is 5.88 Å². The second kappa shape index (κ2) is 5.37. The van der Waals surface area contributed by atoms with Crippen molar-refractivity contribution >= 4 is 28.8 Å². The number of thiophene rings is 1. The summed E-state index contributed by atoms with van der Waals surface area (Å²) in [7, 11) is 0. The molecule has 0 saturated heterocycles. The van der Waals surface area contributed by atoms with E-state index in [2.05, 4.69) is 10.5 Å². The first-order valence-corrected chi connectivity index (χ1v) is 6.94. The number of rotatable bonds is 3. The van der Waals surface area contributed by atoms with Gasteiger partial charge in [0.15, 0.2) is 0 Å². The number of nitrogens with two attached hydrogens (primary N) is 1. The fourth-order valence-corrected chi connectivity index (χ4v) is 2.49. The molecule has 0 saturated carbocycles. The van der Waals surface area contributed by atoms with E-state index < -0.39 is 5.91 Å². The molecule has 0 aliphatic heterocycles. The van der Waals surface area contributed by atoms with Crippen LogP contribution in [0.5, 0.6) is 0 Å². The van der Waals surface area contributed by atoms with Crippen LogP contribution in [0.25, 0.3) is 11.3 Å². The number of carbonyl (C=O) groups is 1. The first kappa shape index (κ1) is 13.3. The van der Waals surface area contributed by atoms with Crippen LogP contribution in [0.15, 0.2) is 45.6 Å². The van der Waals surface area contributed by atoms with Gasteiger partial charge in [0.25, 0.3) is 5.91 Å². The lowest BCUT2D eigenvalue weighted by molar-refractivity contribution is 0.102. The van der Waals surface area contributed by atoms with E-state index >= 15 is 0 Å². The fourth-order valence-electron chi connectivity index (χ4n) is 1.85. The molecule has 0 atom stereocenters. The molecule has 2 heterocycles. The number of aromatic nitrogens is 1. The average molecular weight is 303 g/mol. The highest BCUT2D eigenvalue weighted by Gasteiger charge is 2.22. The molecule has 7 heteroatoms. The SMILES string of the molecule is Nc1onc(-c2ccsc2)c1C(=O)Nc1ccc(F)cc1. The molecule has 0 aliphatic carbocycles. The molecule has 2 aromatic heterocycles. The summed E-state index contributed by atoms with van der Waals surface area (Å²) in [6.45, 7) is 0. The Labute approximate surface area is 123 Å². The van der Waals surface area contributed by atoms with Crippen molar-refractivity contribution in [3.63, 3.8) is 0 Å². The van der Waals surface area contributed by atoms with Crippen LogP contribution in [-0.2, 0) is 0 Å². The lowest BCUT2D eigenvalue weighted by Crippen LogP contribution is -2.13. The maximum atomic E-state index is 12.9. The largest absolute Gasteiger partial charge is 0.367 e. The molecule has 0 bridgehead atoms. The highest BCUT2D eigenvalue weighted by molar-refractivity contribution is 7.08. The minimum atomic E-state index is -0.457. The molecular weight excluding hydrogens is 293 g/mol. The second-order valence-electron chi connectivity index (χ2n) is 4.24. The van der Waals surface area contributed by atoms with Crippen LogP contribution in [-0.4, -0.2) is 11.1 Å². The number of hydrogen-bond acceptors (Lipinski definition) is 5. The van der Waals surface area contributed by atoms with Crippen LogP contribution in [0.2, 0.25) is 0 Å². The summed E-state index contributed by atoms with van der Waals surface area (Å²) in [5.41, 5.74) is 7.44. The fraction of sp³-hybridized carbons (Fsp3) is 0. The molecular formula is C14H10FN3O2S. The summed E-state index contributed by atoms with van der Waals surface area (Å²) >= 11 is 1.47. The van der Waals surface area contributed by atoms with Crippen LogP contribution < -0.4 is 11.1 Å². The lowest BCUT2D eigenvalue weighted by Gasteiger charge is -2.04. The number of nitrogens with zero attached hydrogens (tertiary/aromatic N) is 1. The van der Waals surface area contributed by atoms with Crippen LogP contribution >= 0.6 is 11.3 Å². The molecule has 0 aliphatic rings. The predicted molar refractivity (Wildman–Crippen MR) is 78.6 cm³/mol. The van der Waals surface area contributed by atoms with Crippen molar-refractivity contribution in [3.05, 3.63) is 52.5 Å². The zero-order valence-corrected chi connectivity index (χ0v) is 11.5. The third-order valence-corrected chi connectivity index (χ3v) is 3.53. The molecule has 0 unspecified atom stereocenters. The Bertz CT molecular complexity index is 766. The standard InChI is InChI=1S/C14H10FN3O2S/c15-9-1-3-10(4-2-9)17-14(19)11-12(18-20-13(11)16)8-5-6-21-7-8/h1-7H,16H2,(H,17,19). The zero-order chi connectivity index (χ0) is 14.8. The normalized spacial score (nSPS) is 10.5. The monoisotopic (exact) mass is 303 g/mol. The predicted octanol–water partition coefficient (Wildman–Crippen LogP) is 3.38. The summed E-state index contributed by atoms with van der Waals surface area (Å²) in [6, 6.07) is 7.25. The van der Waals surface area contributed by atoms with Gasteiger partial charge in [-0.3, -0.25) is 4.79 Å². The Morgan fingerprint density at radius 1 is 1.29 bits per heavy atom. The van der Waals surface area contributed by atoms with E-state index in [1.807, 2.05) is 16.8 Å². The molecule has 0 radical (unpaired) electrons. The van der Waals surface area contributed by atoms with Gasteiger partial charge in [0.05, 0.1) is 0 Å². The molecule has 3 rings (SSSR count). The van der Waals surface area contributed by atoms with Gasteiger partial charge < -0.3 is 15.6 Å². The van der Waals surface area contributed by atoms with E-state index in [1.54, 1.807) is 0 Å². The topological polar surface area (TPSA) is 81.2 Å². The van der Waals surface area contributed by atoms with Crippen LogP contribution in [0.4, 0.5) is 16.0 Å². The quantitative estimate of drug-likeness (QED) is 0.777. The van der Waals surface area contributed by atoms with Gasteiger partial charge in [0.1, 0.15) is 17.1 Å². The molecule has 3 aromatic rings. The van der Waals surface area contributed by atoms with Crippen molar-refractivity contribution in [3.8, 4) is 11.3 Å². The maximum Gasteiger partial charge on any atom is 0.263 e. The highest BCUT2D eigenvalue weighted by atomic mass is 32.1. The molecule has 1 aromatic carbocycles. The molecule has 3 N–H and O–H groups in total. The van der Waals surface area contributed by atoms with Crippen LogP contribution in [0.1, 0.15) is 10.4 Å².